The Morgan fingerprint density at radius 3 is 2.30 bits per heavy atom. The van der Waals surface area contributed by atoms with Crippen LogP contribution in [0.15, 0.2) is 23.8 Å². The van der Waals surface area contributed by atoms with Gasteiger partial charge in [-0.3, -0.25) is 0 Å². The monoisotopic (exact) mass is 222 g/mol. The fraction of sp³-hybridized carbons (Fsp3) is 0.167. The molecular formula is C6H5Cl2CoO. The number of carbonyl (C=O) groups is 1. The molecule has 4 heteroatoms. The average Bonchev–Trinajstić information content (AvgIpc) is 2.12. The van der Waals surface area contributed by atoms with Crippen molar-refractivity contribution in [2.24, 2.45) is 0 Å². The summed E-state index contributed by atoms with van der Waals surface area (Å²) in [6, 6.07) is 0. The summed E-state index contributed by atoms with van der Waals surface area (Å²) in [7, 11) is 0. The van der Waals surface area contributed by atoms with E-state index in [2.05, 4.69) is 15.7 Å². The van der Waals surface area contributed by atoms with Crippen molar-refractivity contribution in [2.75, 3.05) is 0 Å². The summed E-state index contributed by atoms with van der Waals surface area (Å²) in [6.07, 6.45) is 6.33. The van der Waals surface area contributed by atoms with Crippen LogP contribution in [0.2, 0.25) is 0 Å². The number of allylic oxidation sites excluding steroid dienone is 4. The second-order valence-corrected chi connectivity index (χ2v) is 2.05. The molecule has 1 aliphatic rings. The molecule has 0 aromatic heterocycles. The maximum atomic E-state index is 10.4. The van der Waals surface area contributed by atoms with E-state index in [0.29, 0.717) is 0 Å². The van der Waals surface area contributed by atoms with Gasteiger partial charge in [0, 0.05) is 0 Å². The van der Waals surface area contributed by atoms with Gasteiger partial charge in [-0.05, 0) is 0 Å². The number of hydrogen-bond acceptors (Lipinski definition) is 1. The molecule has 0 aromatic carbocycles. The van der Waals surface area contributed by atoms with E-state index < -0.39 is 0 Å². The Morgan fingerprint density at radius 1 is 1.50 bits per heavy atom. The van der Waals surface area contributed by atoms with Gasteiger partial charge >= 0.3 is 55.5 Å². The van der Waals surface area contributed by atoms with Gasteiger partial charge < -0.3 is 24.8 Å². The van der Waals surface area contributed by atoms with Crippen LogP contribution < -0.4 is 24.8 Å². The number of rotatable bonds is 1. The van der Waals surface area contributed by atoms with Gasteiger partial charge in [0.25, 0.3) is 0 Å². The summed E-state index contributed by atoms with van der Waals surface area (Å²) in [5, 5.41) is 0. The number of halogens is 2. The molecule has 0 aromatic rings. The van der Waals surface area contributed by atoms with Crippen LogP contribution in [0, 0.1) is 0 Å². The first-order chi connectivity index (χ1) is 3.80. The maximum Gasteiger partial charge on any atom is -1.00 e. The zero-order valence-corrected chi connectivity index (χ0v) is 7.49. The standard InChI is InChI=1S/C6H5O.2ClH.Co/c7-5-6-3-1-2-4-6;;;/h1-3H,4H2;2*1H;/q;;;+2/p-2. The van der Waals surface area contributed by atoms with E-state index in [4.69, 9.17) is 0 Å². The molecule has 0 aliphatic heterocycles. The molecule has 0 N–H and O–H groups in total. The smallest absolute Gasteiger partial charge is 1.00 e. The van der Waals surface area contributed by atoms with E-state index in [-0.39, 0.29) is 29.5 Å². The van der Waals surface area contributed by atoms with Gasteiger partial charge in [-0.15, -0.1) is 0 Å². The Balaban J connectivity index is 0. The van der Waals surface area contributed by atoms with Crippen molar-refractivity contribution in [1.29, 1.82) is 0 Å². The minimum atomic E-state index is -0.123. The largest absolute Gasteiger partial charge is 1.00 e. The first-order valence-corrected chi connectivity index (χ1v) is 2.86. The molecule has 0 heterocycles. The van der Waals surface area contributed by atoms with E-state index in [1.165, 1.54) is 0 Å². The van der Waals surface area contributed by atoms with Crippen LogP contribution in [-0.4, -0.2) is 4.72 Å². The topological polar surface area (TPSA) is 17.1 Å². The van der Waals surface area contributed by atoms with Crippen LogP contribution >= 0.6 is 0 Å². The van der Waals surface area contributed by atoms with Gasteiger partial charge in [0.1, 0.15) is 0 Å². The van der Waals surface area contributed by atoms with Crippen molar-refractivity contribution < 1.29 is 45.3 Å². The third-order valence-corrected chi connectivity index (χ3v) is 1.34. The van der Waals surface area contributed by atoms with Gasteiger partial charge in [-0.25, -0.2) is 0 Å². The number of hydrogen-bond donors (Lipinski definition) is 0. The third-order valence-electron chi connectivity index (χ3n) is 1.01. The van der Waals surface area contributed by atoms with E-state index >= 15 is 0 Å². The summed E-state index contributed by atoms with van der Waals surface area (Å²) in [6.45, 7) is 0. The summed E-state index contributed by atoms with van der Waals surface area (Å²) >= 11 is 3.69. The molecule has 10 heavy (non-hydrogen) atoms. The summed E-state index contributed by atoms with van der Waals surface area (Å²) in [5.41, 5.74) is 0.782. The normalized spacial score (nSPS) is 13.1. The zero-order valence-electron chi connectivity index (χ0n) is 4.94. The third kappa shape index (κ3) is 3.42. The predicted molar refractivity (Wildman–Crippen MR) is 26.8 cm³/mol. The molecule has 0 fully saturated rings. The van der Waals surface area contributed by atoms with Crippen LogP contribution in [0.3, 0.4) is 0 Å². The molecule has 0 saturated heterocycles. The van der Waals surface area contributed by atoms with Gasteiger partial charge in [0.15, 0.2) is 0 Å². The Bertz CT molecular complexity index is 175. The molecule has 0 saturated carbocycles. The van der Waals surface area contributed by atoms with Crippen LogP contribution in [0.5, 0.6) is 0 Å². The quantitative estimate of drug-likeness (QED) is 0.435. The summed E-state index contributed by atoms with van der Waals surface area (Å²) in [4.78, 5) is 10.4. The Hall–Kier alpha value is 0.236. The van der Waals surface area contributed by atoms with E-state index in [1.807, 2.05) is 12.2 Å². The Kier molecular flexibility index (Phi) is 7.70. The van der Waals surface area contributed by atoms with Crippen molar-refractivity contribution >= 4 is 4.72 Å². The minimum absolute atomic E-state index is 0. The Labute approximate surface area is 80.4 Å². The fourth-order valence-electron chi connectivity index (χ4n) is 0.585. The van der Waals surface area contributed by atoms with Crippen molar-refractivity contribution in [1.82, 2.24) is 0 Å². The predicted octanol–water partition coefficient (Wildman–Crippen LogP) is -5.05. The first-order valence-electron chi connectivity index (χ1n) is 2.34. The van der Waals surface area contributed by atoms with E-state index in [9.17, 15) is 4.79 Å². The van der Waals surface area contributed by atoms with E-state index in [0.717, 1.165) is 12.0 Å². The fourth-order valence-corrected chi connectivity index (χ4v) is 0.778. The number of carbonyl (C=O) groups excluding carboxylic acids is 1. The second kappa shape index (κ2) is 5.98. The molecule has 1 rings (SSSR count). The molecule has 0 radical (unpaired) electrons. The SMILES string of the molecule is O=[C]([Co+2])C1=CC=CC1.[Cl-].[Cl-]. The van der Waals surface area contributed by atoms with Gasteiger partial charge in [0.05, 0.1) is 0 Å². The summed E-state index contributed by atoms with van der Waals surface area (Å²) in [5.74, 6) is 0. The van der Waals surface area contributed by atoms with E-state index in [1.54, 1.807) is 6.08 Å². The van der Waals surface area contributed by atoms with Gasteiger partial charge in [0.2, 0.25) is 0 Å². The van der Waals surface area contributed by atoms with Crippen LogP contribution in [0.4, 0.5) is 0 Å². The molecule has 0 atom stereocenters. The molecule has 58 valence electrons. The molecule has 0 unspecified atom stereocenters. The van der Waals surface area contributed by atoms with Crippen molar-refractivity contribution in [3.63, 3.8) is 0 Å². The zero-order chi connectivity index (χ0) is 5.98. The van der Waals surface area contributed by atoms with Gasteiger partial charge in [-0.1, -0.05) is 0 Å². The van der Waals surface area contributed by atoms with Crippen molar-refractivity contribution in [2.45, 2.75) is 6.42 Å². The minimum Gasteiger partial charge on any atom is -1.00 e. The summed E-state index contributed by atoms with van der Waals surface area (Å²) < 4.78 is -0.123. The average molecular weight is 223 g/mol. The molecular weight excluding hydrogens is 218 g/mol. The van der Waals surface area contributed by atoms with Crippen LogP contribution in [0.1, 0.15) is 6.42 Å². The second-order valence-electron chi connectivity index (χ2n) is 1.58. The Morgan fingerprint density at radius 2 is 2.10 bits per heavy atom. The van der Waals surface area contributed by atoms with Crippen LogP contribution in [-0.2, 0) is 20.5 Å². The molecule has 1 aliphatic carbocycles. The van der Waals surface area contributed by atoms with Crippen molar-refractivity contribution in [3.8, 4) is 0 Å². The van der Waals surface area contributed by atoms with Gasteiger partial charge in [-0.2, -0.15) is 0 Å². The molecule has 0 bridgehead atoms. The molecule has 0 amide bonds. The first kappa shape index (κ1) is 12.9. The van der Waals surface area contributed by atoms with Crippen molar-refractivity contribution in [3.05, 3.63) is 23.8 Å². The van der Waals surface area contributed by atoms with Crippen LogP contribution in [0.25, 0.3) is 0 Å². The molecule has 1 nitrogen and oxygen atoms in total. The maximum absolute atomic E-state index is 10.4. The molecule has 0 spiro atoms.